The number of halogens is 1. The molecule has 0 radical (unpaired) electrons. The maximum atomic E-state index is 12.9. The molecule has 1 aliphatic rings. The van der Waals surface area contributed by atoms with E-state index in [2.05, 4.69) is 12.2 Å². The van der Waals surface area contributed by atoms with Crippen LogP contribution < -0.4 is 5.32 Å². The fourth-order valence-electron chi connectivity index (χ4n) is 2.58. The number of hydrogen-bond donors (Lipinski definition) is 1. The van der Waals surface area contributed by atoms with Crippen molar-refractivity contribution in [1.82, 2.24) is 10.2 Å². The lowest BCUT2D eigenvalue weighted by molar-refractivity contribution is -0.127. The van der Waals surface area contributed by atoms with Gasteiger partial charge in [0.05, 0.1) is 11.8 Å². The number of hydrogen-bond acceptors (Lipinski definition) is 3. The quantitative estimate of drug-likeness (QED) is 0.740. The molecule has 1 aromatic carbocycles. The van der Waals surface area contributed by atoms with Crippen molar-refractivity contribution in [3.8, 4) is 0 Å². The Hall–Kier alpha value is -1.56. The van der Waals surface area contributed by atoms with Crippen LogP contribution in [0, 0.1) is 5.82 Å². The third-order valence-corrected chi connectivity index (χ3v) is 4.91. The molecule has 1 aliphatic heterocycles. The van der Waals surface area contributed by atoms with Crippen molar-refractivity contribution in [1.29, 1.82) is 0 Å². The lowest BCUT2D eigenvalue weighted by atomic mass is 10.1. The SMILES string of the molecule is CCCSCC(=O)N[C@@H]1CC(=O)N(CCc2ccc(F)cc2)C1. The van der Waals surface area contributed by atoms with Crippen molar-refractivity contribution < 1.29 is 14.0 Å². The van der Waals surface area contributed by atoms with Gasteiger partial charge in [-0.2, -0.15) is 11.8 Å². The largest absolute Gasteiger partial charge is 0.350 e. The number of rotatable bonds is 8. The van der Waals surface area contributed by atoms with E-state index in [1.807, 2.05) is 0 Å². The highest BCUT2D eigenvalue weighted by Crippen LogP contribution is 2.13. The number of nitrogens with zero attached hydrogens (tertiary/aromatic N) is 1. The molecule has 4 nitrogen and oxygen atoms in total. The third kappa shape index (κ3) is 5.86. The standard InChI is InChI=1S/C17H23FN2O2S/c1-2-9-23-12-16(21)19-15-10-17(22)20(11-15)8-7-13-3-5-14(18)6-4-13/h3-6,15H,2,7-12H2,1H3,(H,19,21)/t15-/m1/s1. The smallest absolute Gasteiger partial charge is 0.230 e. The lowest BCUT2D eigenvalue weighted by Gasteiger charge is -2.17. The van der Waals surface area contributed by atoms with Crippen molar-refractivity contribution in [2.75, 3.05) is 24.6 Å². The summed E-state index contributed by atoms with van der Waals surface area (Å²) in [6.07, 6.45) is 2.11. The van der Waals surface area contributed by atoms with E-state index in [1.165, 1.54) is 12.1 Å². The van der Waals surface area contributed by atoms with Crippen LogP contribution in [0.2, 0.25) is 0 Å². The lowest BCUT2D eigenvalue weighted by Crippen LogP contribution is -2.38. The monoisotopic (exact) mass is 338 g/mol. The summed E-state index contributed by atoms with van der Waals surface area (Å²) in [6.45, 7) is 3.24. The van der Waals surface area contributed by atoms with Crippen LogP contribution in [0.25, 0.3) is 0 Å². The number of amides is 2. The summed E-state index contributed by atoms with van der Waals surface area (Å²) in [6, 6.07) is 6.24. The van der Waals surface area contributed by atoms with Gasteiger partial charge in [0.1, 0.15) is 5.82 Å². The normalized spacial score (nSPS) is 17.6. The fourth-order valence-corrected chi connectivity index (χ4v) is 3.28. The van der Waals surface area contributed by atoms with Gasteiger partial charge in [0, 0.05) is 19.5 Å². The average Bonchev–Trinajstić information content (AvgIpc) is 2.86. The van der Waals surface area contributed by atoms with Gasteiger partial charge in [-0.25, -0.2) is 4.39 Å². The molecule has 0 bridgehead atoms. The van der Waals surface area contributed by atoms with E-state index < -0.39 is 0 Å². The Morgan fingerprint density at radius 3 is 2.83 bits per heavy atom. The average molecular weight is 338 g/mol. The molecule has 126 valence electrons. The van der Waals surface area contributed by atoms with E-state index in [0.717, 1.165) is 17.7 Å². The molecule has 1 N–H and O–H groups in total. The fraction of sp³-hybridized carbons (Fsp3) is 0.529. The molecule has 0 spiro atoms. The minimum Gasteiger partial charge on any atom is -0.350 e. The third-order valence-electron chi connectivity index (χ3n) is 3.74. The minimum atomic E-state index is -0.255. The van der Waals surface area contributed by atoms with Crippen molar-refractivity contribution in [2.45, 2.75) is 32.2 Å². The summed E-state index contributed by atoms with van der Waals surface area (Å²) in [7, 11) is 0. The van der Waals surface area contributed by atoms with Gasteiger partial charge < -0.3 is 10.2 Å². The molecule has 1 fully saturated rings. The summed E-state index contributed by atoms with van der Waals surface area (Å²) in [5.74, 6) is 1.24. The summed E-state index contributed by atoms with van der Waals surface area (Å²) >= 11 is 1.61. The van der Waals surface area contributed by atoms with Crippen LogP contribution in [0.3, 0.4) is 0 Å². The van der Waals surface area contributed by atoms with Gasteiger partial charge in [0.2, 0.25) is 11.8 Å². The van der Waals surface area contributed by atoms with Crippen LogP contribution in [0.15, 0.2) is 24.3 Å². The Bertz CT molecular complexity index is 536. The van der Waals surface area contributed by atoms with E-state index >= 15 is 0 Å². The predicted molar refractivity (Wildman–Crippen MR) is 90.8 cm³/mol. The highest BCUT2D eigenvalue weighted by Gasteiger charge is 2.30. The summed E-state index contributed by atoms with van der Waals surface area (Å²) in [5.41, 5.74) is 1.00. The molecule has 0 aliphatic carbocycles. The molecule has 2 rings (SSSR count). The molecule has 0 aromatic heterocycles. The molecule has 0 saturated carbocycles. The predicted octanol–water partition coefficient (Wildman–Crippen LogP) is 2.23. The Labute approximate surface area is 140 Å². The van der Waals surface area contributed by atoms with Gasteiger partial charge >= 0.3 is 0 Å². The minimum absolute atomic E-state index is 0.00151. The van der Waals surface area contributed by atoms with Crippen LogP contribution in [0.4, 0.5) is 4.39 Å². The van der Waals surface area contributed by atoms with Gasteiger partial charge in [-0.3, -0.25) is 9.59 Å². The first-order chi connectivity index (χ1) is 11.1. The molecule has 6 heteroatoms. The molecule has 1 atom stereocenters. The molecule has 2 amide bonds. The molecule has 1 saturated heterocycles. The zero-order chi connectivity index (χ0) is 16.7. The van der Waals surface area contributed by atoms with Crippen LogP contribution in [0.1, 0.15) is 25.3 Å². The molecular weight excluding hydrogens is 315 g/mol. The first-order valence-electron chi connectivity index (χ1n) is 7.97. The van der Waals surface area contributed by atoms with Crippen LogP contribution in [-0.2, 0) is 16.0 Å². The summed E-state index contributed by atoms with van der Waals surface area (Å²) in [4.78, 5) is 25.6. The van der Waals surface area contributed by atoms with Crippen LogP contribution >= 0.6 is 11.8 Å². The van der Waals surface area contributed by atoms with Gasteiger partial charge in [-0.15, -0.1) is 0 Å². The maximum absolute atomic E-state index is 12.9. The van der Waals surface area contributed by atoms with E-state index in [0.29, 0.717) is 31.7 Å². The van der Waals surface area contributed by atoms with Crippen LogP contribution in [0.5, 0.6) is 0 Å². The van der Waals surface area contributed by atoms with E-state index in [1.54, 1.807) is 28.8 Å². The Morgan fingerprint density at radius 1 is 1.39 bits per heavy atom. The van der Waals surface area contributed by atoms with Crippen molar-refractivity contribution in [3.05, 3.63) is 35.6 Å². The highest BCUT2D eigenvalue weighted by molar-refractivity contribution is 7.99. The zero-order valence-corrected chi connectivity index (χ0v) is 14.2. The first kappa shape index (κ1) is 17.8. The van der Waals surface area contributed by atoms with Crippen molar-refractivity contribution in [3.63, 3.8) is 0 Å². The second-order valence-electron chi connectivity index (χ2n) is 5.74. The first-order valence-corrected chi connectivity index (χ1v) is 9.13. The van der Waals surface area contributed by atoms with Crippen molar-refractivity contribution in [2.24, 2.45) is 0 Å². The van der Waals surface area contributed by atoms with Crippen LogP contribution in [-0.4, -0.2) is 47.4 Å². The molecule has 23 heavy (non-hydrogen) atoms. The van der Waals surface area contributed by atoms with E-state index in [-0.39, 0.29) is 23.7 Å². The number of likely N-dealkylation sites (tertiary alicyclic amines) is 1. The van der Waals surface area contributed by atoms with Crippen molar-refractivity contribution >= 4 is 23.6 Å². The van der Waals surface area contributed by atoms with Gasteiger partial charge in [-0.1, -0.05) is 19.1 Å². The summed E-state index contributed by atoms with van der Waals surface area (Å²) in [5, 5.41) is 2.93. The molecule has 1 aromatic rings. The Balaban J connectivity index is 1.74. The molecule has 0 unspecified atom stereocenters. The number of carbonyl (C=O) groups excluding carboxylic acids is 2. The summed E-state index contributed by atoms with van der Waals surface area (Å²) < 4.78 is 12.9. The zero-order valence-electron chi connectivity index (χ0n) is 13.4. The second-order valence-corrected chi connectivity index (χ2v) is 6.84. The van der Waals surface area contributed by atoms with E-state index in [4.69, 9.17) is 0 Å². The molecular formula is C17H23FN2O2S. The van der Waals surface area contributed by atoms with Gasteiger partial charge in [-0.05, 0) is 36.3 Å². The Morgan fingerprint density at radius 2 is 2.13 bits per heavy atom. The topological polar surface area (TPSA) is 49.4 Å². The number of carbonyl (C=O) groups is 2. The van der Waals surface area contributed by atoms with Gasteiger partial charge in [0.15, 0.2) is 0 Å². The highest BCUT2D eigenvalue weighted by atomic mass is 32.2. The number of benzene rings is 1. The van der Waals surface area contributed by atoms with Gasteiger partial charge in [0.25, 0.3) is 0 Å². The number of nitrogens with one attached hydrogen (secondary N) is 1. The number of thioether (sulfide) groups is 1. The molecule has 1 heterocycles. The second kappa shape index (κ2) is 8.91. The van der Waals surface area contributed by atoms with E-state index in [9.17, 15) is 14.0 Å². The maximum Gasteiger partial charge on any atom is 0.230 e. The Kier molecular flexibility index (Phi) is 6.89.